The maximum atomic E-state index is 5.85. The third kappa shape index (κ3) is 1.65. The molecule has 0 amide bonds. The zero-order valence-electron chi connectivity index (χ0n) is 8.60. The van der Waals surface area contributed by atoms with Gasteiger partial charge in [-0.15, -0.1) is 0 Å². The van der Waals surface area contributed by atoms with Crippen molar-refractivity contribution in [1.29, 1.82) is 0 Å². The highest BCUT2D eigenvalue weighted by Gasteiger charge is 2.26. The van der Waals surface area contributed by atoms with Gasteiger partial charge in [0.15, 0.2) is 5.82 Å². The molecule has 16 heavy (non-hydrogen) atoms. The second-order valence-electron chi connectivity index (χ2n) is 4.03. The Morgan fingerprint density at radius 3 is 2.94 bits per heavy atom. The predicted octanol–water partition coefficient (Wildman–Crippen LogP) is 2.38. The normalized spacial score (nSPS) is 15.3. The molecule has 0 unspecified atom stereocenters. The van der Waals surface area contributed by atoms with Gasteiger partial charge in [0.2, 0.25) is 0 Å². The molecule has 0 aliphatic heterocycles. The molecule has 3 rings (SSSR count). The van der Waals surface area contributed by atoms with Crippen LogP contribution in [-0.2, 0) is 0 Å². The number of rotatable bonds is 2. The minimum atomic E-state index is 0.538. The zero-order chi connectivity index (χ0) is 11.1. The van der Waals surface area contributed by atoms with Gasteiger partial charge in [0.1, 0.15) is 0 Å². The van der Waals surface area contributed by atoms with Crippen molar-refractivity contribution in [2.24, 2.45) is 0 Å². The van der Waals surface area contributed by atoms with Crippen LogP contribution in [0.2, 0.25) is 5.02 Å². The second kappa shape index (κ2) is 3.49. The fourth-order valence-corrected chi connectivity index (χ4v) is 1.86. The summed E-state index contributed by atoms with van der Waals surface area (Å²) in [5.74, 6) is 1.27. The monoisotopic (exact) mass is 234 g/mol. The Morgan fingerprint density at radius 2 is 2.25 bits per heavy atom. The fraction of sp³-hybridized carbons (Fsp3) is 0.273. The van der Waals surface area contributed by atoms with Crippen LogP contribution in [0, 0.1) is 0 Å². The van der Waals surface area contributed by atoms with E-state index in [1.165, 1.54) is 12.8 Å². The Bertz CT molecular complexity index is 531. The molecule has 1 aliphatic rings. The molecule has 0 radical (unpaired) electrons. The van der Waals surface area contributed by atoms with E-state index >= 15 is 0 Å². The molecular weight excluding hydrogens is 224 g/mol. The van der Waals surface area contributed by atoms with Crippen molar-refractivity contribution >= 4 is 17.3 Å². The summed E-state index contributed by atoms with van der Waals surface area (Å²) in [6.45, 7) is 0. The fourth-order valence-electron chi connectivity index (χ4n) is 1.69. The Labute approximate surface area is 98.0 Å². The summed E-state index contributed by atoms with van der Waals surface area (Å²) in [5.41, 5.74) is 7.51. The lowest BCUT2D eigenvalue weighted by Crippen LogP contribution is -2.03. The van der Waals surface area contributed by atoms with Crippen LogP contribution in [0.15, 0.2) is 24.5 Å². The number of nitrogens with two attached hydrogens (primary N) is 1. The first-order valence-corrected chi connectivity index (χ1v) is 5.59. The molecule has 1 saturated carbocycles. The third-order valence-electron chi connectivity index (χ3n) is 2.68. The molecule has 2 heterocycles. The Kier molecular flexibility index (Phi) is 2.11. The van der Waals surface area contributed by atoms with Crippen LogP contribution in [0.3, 0.4) is 0 Å². The molecule has 0 spiro atoms. The van der Waals surface area contributed by atoms with E-state index in [0.29, 0.717) is 22.4 Å². The minimum absolute atomic E-state index is 0.538. The van der Waals surface area contributed by atoms with E-state index in [1.54, 1.807) is 16.9 Å². The number of nitrogens with zero attached hydrogens (tertiary/aromatic N) is 3. The SMILES string of the molecule is Nc1cc(Cl)cnc1-n1ccc(C2CC2)n1. The molecule has 1 aliphatic carbocycles. The first-order chi connectivity index (χ1) is 7.74. The Balaban J connectivity index is 2.00. The average molecular weight is 235 g/mol. The molecule has 1 fully saturated rings. The molecule has 0 bridgehead atoms. The predicted molar refractivity (Wildman–Crippen MR) is 62.8 cm³/mol. The highest BCUT2D eigenvalue weighted by Crippen LogP contribution is 2.39. The van der Waals surface area contributed by atoms with Gasteiger partial charge < -0.3 is 5.73 Å². The molecular formula is C11H11ClN4. The highest BCUT2D eigenvalue weighted by atomic mass is 35.5. The van der Waals surface area contributed by atoms with Crippen molar-refractivity contribution in [3.63, 3.8) is 0 Å². The molecule has 0 saturated heterocycles. The Morgan fingerprint density at radius 1 is 1.44 bits per heavy atom. The minimum Gasteiger partial charge on any atom is -0.396 e. The maximum Gasteiger partial charge on any atom is 0.176 e. The van der Waals surface area contributed by atoms with Gasteiger partial charge >= 0.3 is 0 Å². The molecule has 2 N–H and O–H groups in total. The quantitative estimate of drug-likeness (QED) is 0.868. The van der Waals surface area contributed by atoms with Gasteiger partial charge in [-0.25, -0.2) is 9.67 Å². The van der Waals surface area contributed by atoms with Crippen LogP contribution >= 0.6 is 11.6 Å². The number of hydrogen-bond acceptors (Lipinski definition) is 3. The van der Waals surface area contributed by atoms with E-state index in [9.17, 15) is 0 Å². The maximum absolute atomic E-state index is 5.85. The van der Waals surface area contributed by atoms with Gasteiger partial charge in [0.05, 0.1) is 16.4 Å². The van der Waals surface area contributed by atoms with Crippen molar-refractivity contribution in [3.8, 4) is 5.82 Å². The highest BCUT2D eigenvalue weighted by molar-refractivity contribution is 6.30. The van der Waals surface area contributed by atoms with Crippen molar-refractivity contribution < 1.29 is 0 Å². The van der Waals surface area contributed by atoms with Crippen LogP contribution in [0.25, 0.3) is 5.82 Å². The zero-order valence-corrected chi connectivity index (χ0v) is 9.35. The largest absolute Gasteiger partial charge is 0.396 e. The molecule has 0 aromatic carbocycles. The number of nitrogen functional groups attached to an aromatic ring is 1. The summed E-state index contributed by atoms with van der Waals surface area (Å²) < 4.78 is 1.71. The number of aromatic nitrogens is 3. The molecule has 5 heteroatoms. The Hall–Kier alpha value is -1.55. The summed E-state index contributed by atoms with van der Waals surface area (Å²) in [4.78, 5) is 4.18. The summed E-state index contributed by atoms with van der Waals surface area (Å²) in [5, 5.41) is 5.00. The van der Waals surface area contributed by atoms with Crippen LogP contribution in [-0.4, -0.2) is 14.8 Å². The summed E-state index contributed by atoms with van der Waals surface area (Å²) in [7, 11) is 0. The van der Waals surface area contributed by atoms with Gasteiger partial charge in [0.25, 0.3) is 0 Å². The number of halogens is 1. The third-order valence-corrected chi connectivity index (χ3v) is 2.89. The topological polar surface area (TPSA) is 56.7 Å². The van der Waals surface area contributed by atoms with Crippen LogP contribution in [0.4, 0.5) is 5.69 Å². The van der Waals surface area contributed by atoms with E-state index < -0.39 is 0 Å². The van der Waals surface area contributed by atoms with Crippen molar-refractivity contribution in [3.05, 3.63) is 35.2 Å². The summed E-state index contributed by atoms with van der Waals surface area (Å²) in [6, 6.07) is 3.70. The summed E-state index contributed by atoms with van der Waals surface area (Å²) >= 11 is 5.80. The van der Waals surface area contributed by atoms with Crippen LogP contribution < -0.4 is 5.73 Å². The lowest BCUT2D eigenvalue weighted by Gasteiger charge is -2.04. The van der Waals surface area contributed by atoms with E-state index in [1.807, 2.05) is 12.3 Å². The van der Waals surface area contributed by atoms with Gasteiger partial charge in [-0.1, -0.05) is 11.6 Å². The molecule has 2 aromatic heterocycles. The lowest BCUT2D eigenvalue weighted by atomic mass is 10.3. The standard InChI is InChI=1S/C11H11ClN4/c12-8-5-9(13)11(14-6-8)16-4-3-10(15-16)7-1-2-7/h3-7H,1-2,13H2. The number of anilines is 1. The van der Waals surface area contributed by atoms with E-state index in [4.69, 9.17) is 17.3 Å². The van der Waals surface area contributed by atoms with Gasteiger partial charge in [-0.2, -0.15) is 5.10 Å². The van der Waals surface area contributed by atoms with Crippen LogP contribution in [0.5, 0.6) is 0 Å². The van der Waals surface area contributed by atoms with Crippen molar-refractivity contribution in [1.82, 2.24) is 14.8 Å². The van der Waals surface area contributed by atoms with E-state index in [0.717, 1.165) is 5.69 Å². The van der Waals surface area contributed by atoms with E-state index in [2.05, 4.69) is 10.1 Å². The lowest BCUT2D eigenvalue weighted by molar-refractivity contribution is 0.815. The average Bonchev–Trinajstić information content (AvgIpc) is 2.98. The number of pyridine rings is 1. The first kappa shape index (κ1) is 9.66. The first-order valence-electron chi connectivity index (χ1n) is 5.21. The smallest absolute Gasteiger partial charge is 0.176 e. The van der Waals surface area contributed by atoms with Gasteiger partial charge in [-0.05, 0) is 25.0 Å². The van der Waals surface area contributed by atoms with Crippen molar-refractivity contribution in [2.75, 3.05) is 5.73 Å². The molecule has 2 aromatic rings. The van der Waals surface area contributed by atoms with Crippen molar-refractivity contribution in [2.45, 2.75) is 18.8 Å². The summed E-state index contributed by atoms with van der Waals surface area (Å²) in [6.07, 6.45) is 5.94. The molecule has 4 nitrogen and oxygen atoms in total. The number of hydrogen-bond donors (Lipinski definition) is 1. The molecule has 82 valence electrons. The van der Waals surface area contributed by atoms with Gasteiger partial charge in [0, 0.05) is 18.3 Å². The van der Waals surface area contributed by atoms with Crippen LogP contribution in [0.1, 0.15) is 24.5 Å². The molecule has 0 atom stereocenters. The van der Waals surface area contributed by atoms with E-state index in [-0.39, 0.29) is 0 Å². The van der Waals surface area contributed by atoms with Gasteiger partial charge in [-0.3, -0.25) is 0 Å². The second-order valence-corrected chi connectivity index (χ2v) is 4.46.